The summed E-state index contributed by atoms with van der Waals surface area (Å²) in [6, 6.07) is 22.7. The van der Waals surface area contributed by atoms with Gasteiger partial charge in [-0.3, -0.25) is 24.1 Å². The molecule has 0 saturated heterocycles. The van der Waals surface area contributed by atoms with Gasteiger partial charge in [0.2, 0.25) is 11.8 Å². The van der Waals surface area contributed by atoms with Crippen molar-refractivity contribution in [3.8, 4) is 0 Å². The van der Waals surface area contributed by atoms with Crippen LogP contribution in [0.25, 0.3) is 0 Å². The molecule has 3 aromatic carbocycles. The smallest absolute Gasteiger partial charge is 0.261 e. The standard InChI is InChI=1S/C32H34ClN3O4/c1-3-22(2)34-30(38)28(20-23-10-5-4-6-11-23)36(21-24-15-17-25(33)18-16-24)29(37)14-9-19-35-31(39)26-12-7-8-13-27(26)32(35)40/h4-8,10-13,15-18,22,28H,3,9,14,19-21H2,1-2H3,(H,34,38)/t22-,28-/m0/s1. The van der Waals surface area contributed by atoms with Crippen LogP contribution in [-0.2, 0) is 22.6 Å². The number of fused-ring (bicyclic) bond motifs is 1. The molecule has 3 aromatic rings. The second-order valence-corrected chi connectivity index (χ2v) is 10.5. The van der Waals surface area contributed by atoms with E-state index in [1.54, 1.807) is 41.3 Å². The number of hydrogen-bond donors (Lipinski definition) is 1. The molecule has 2 atom stereocenters. The lowest BCUT2D eigenvalue weighted by Crippen LogP contribution is -2.52. The summed E-state index contributed by atoms with van der Waals surface area (Å²) in [7, 11) is 0. The summed E-state index contributed by atoms with van der Waals surface area (Å²) in [6.07, 6.45) is 1.46. The third kappa shape index (κ3) is 6.96. The maximum absolute atomic E-state index is 13.8. The van der Waals surface area contributed by atoms with Gasteiger partial charge >= 0.3 is 0 Å². The minimum absolute atomic E-state index is 0.0490. The van der Waals surface area contributed by atoms with Crippen LogP contribution in [0.2, 0.25) is 5.02 Å². The SMILES string of the molecule is CC[C@H](C)NC(=O)[C@H](Cc1ccccc1)N(Cc1ccc(Cl)cc1)C(=O)CCCN1C(=O)c2ccccc2C1=O. The van der Waals surface area contributed by atoms with Crippen LogP contribution in [0.4, 0.5) is 0 Å². The predicted octanol–water partition coefficient (Wildman–Crippen LogP) is 5.27. The average Bonchev–Trinajstić information content (AvgIpc) is 3.21. The van der Waals surface area contributed by atoms with Crippen molar-refractivity contribution in [1.82, 2.24) is 15.1 Å². The van der Waals surface area contributed by atoms with E-state index in [-0.39, 0.29) is 55.6 Å². The van der Waals surface area contributed by atoms with Gasteiger partial charge in [0, 0.05) is 37.0 Å². The van der Waals surface area contributed by atoms with Gasteiger partial charge in [0.05, 0.1) is 11.1 Å². The van der Waals surface area contributed by atoms with Gasteiger partial charge in [0.15, 0.2) is 0 Å². The predicted molar refractivity (Wildman–Crippen MR) is 155 cm³/mol. The Morgan fingerprint density at radius 3 is 2.08 bits per heavy atom. The lowest BCUT2D eigenvalue weighted by atomic mass is 10.0. The summed E-state index contributed by atoms with van der Waals surface area (Å²) < 4.78 is 0. The van der Waals surface area contributed by atoms with E-state index in [0.29, 0.717) is 22.6 Å². The maximum Gasteiger partial charge on any atom is 0.261 e. The van der Waals surface area contributed by atoms with Crippen molar-refractivity contribution >= 4 is 35.2 Å². The normalized spacial score (nSPS) is 14.0. The first-order valence-corrected chi connectivity index (χ1v) is 14.0. The molecule has 4 rings (SSSR count). The lowest BCUT2D eigenvalue weighted by molar-refractivity contribution is -0.141. The quantitative estimate of drug-likeness (QED) is 0.306. The summed E-state index contributed by atoms with van der Waals surface area (Å²) >= 11 is 6.09. The molecule has 1 aliphatic rings. The van der Waals surface area contributed by atoms with Gasteiger partial charge in [-0.15, -0.1) is 0 Å². The summed E-state index contributed by atoms with van der Waals surface area (Å²) in [5, 5.41) is 3.63. The van der Waals surface area contributed by atoms with E-state index in [4.69, 9.17) is 11.6 Å². The molecule has 0 bridgehead atoms. The molecule has 0 aromatic heterocycles. The molecule has 0 aliphatic carbocycles. The Kier molecular flexibility index (Phi) is 9.72. The minimum Gasteiger partial charge on any atom is -0.352 e. The molecule has 1 aliphatic heterocycles. The van der Waals surface area contributed by atoms with E-state index in [1.807, 2.05) is 56.3 Å². The van der Waals surface area contributed by atoms with E-state index in [0.717, 1.165) is 17.5 Å². The van der Waals surface area contributed by atoms with Gasteiger partial charge in [-0.25, -0.2) is 0 Å². The first kappa shape index (κ1) is 29.0. The number of benzene rings is 3. The highest BCUT2D eigenvalue weighted by atomic mass is 35.5. The van der Waals surface area contributed by atoms with E-state index >= 15 is 0 Å². The van der Waals surface area contributed by atoms with Crippen molar-refractivity contribution in [2.24, 2.45) is 0 Å². The topological polar surface area (TPSA) is 86.8 Å². The van der Waals surface area contributed by atoms with Crippen molar-refractivity contribution in [3.05, 3.63) is 106 Å². The Hall–Kier alpha value is -3.97. The van der Waals surface area contributed by atoms with Crippen molar-refractivity contribution < 1.29 is 19.2 Å². The van der Waals surface area contributed by atoms with Crippen LogP contribution in [0.1, 0.15) is 65.0 Å². The maximum atomic E-state index is 13.8. The number of carbonyl (C=O) groups is 4. The molecule has 40 heavy (non-hydrogen) atoms. The number of halogens is 1. The first-order valence-electron chi connectivity index (χ1n) is 13.6. The third-order valence-corrected chi connectivity index (χ3v) is 7.44. The van der Waals surface area contributed by atoms with Crippen LogP contribution in [-0.4, -0.2) is 52.1 Å². The van der Waals surface area contributed by atoms with Crippen LogP contribution < -0.4 is 5.32 Å². The average molecular weight is 560 g/mol. The molecule has 0 radical (unpaired) electrons. The summed E-state index contributed by atoms with van der Waals surface area (Å²) in [5.74, 6) is -1.14. The second kappa shape index (κ2) is 13.4. The van der Waals surface area contributed by atoms with Gasteiger partial charge in [-0.1, -0.05) is 73.1 Å². The van der Waals surface area contributed by atoms with Crippen molar-refractivity contribution in [2.75, 3.05) is 6.54 Å². The number of hydrogen-bond acceptors (Lipinski definition) is 4. The van der Waals surface area contributed by atoms with Crippen LogP contribution in [0.5, 0.6) is 0 Å². The molecule has 0 saturated carbocycles. The van der Waals surface area contributed by atoms with Gasteiger partial charge in [-0.2, -0.15) is 0 Å². The number of carbonyl (C=O) groups excluding carboxylic acids is 4. The molecule has 8 heteroatoms. The number of imide groups is 1. The van der Waals surface area contributed by atoms with Crippen LogP contribution in [0, 0.1) is 0 Å². The number of amides is 4. The Morgan fingerprint density at radius 1 is 0.875 bits per heavy atom. The highest BCUT2D eigenvalue weighted by Crippen LogP contribution is 2.23. The molecule has 4 amide bonds. The summed E-state index contributed by atoms with van der Waals surface area (Å²) in [5.41, 5.74) is 2.54. The zero-order chi connectivity index (χ0) is 28.6. The molecule has 208 valence electrons. The molecule has 0 fully saturated rings. The Labute approximate surface area is 240 Å². The monoisotopic (exact) mass is 559 g/mol. The summed E-state index contributed by atoms with van der Waals surface area (Å²) in [4.78, 5) is 55.7. The van der Waals surface area contributed by atoms with E-state index in [2.05, 4.69) is 5.32 Å². The van der Waals surface area contributed by atoms with Gasteiger partial charge in [-0.05, 0) is 55.2 Å². The second-order valence-electron chi connectivity index (χ2n) is 10.1. The number of rotatable bonds is 12. The minimum atomic E-state index is -0.751. The lowest BCUT2D eigenvalue weighted by Gasteiger charge is -2.32. The highest BCUT2D eigenvalue weighted by molar-refractivity contribution is 6.30. The fourth-order valence-electron chi connectivity index (χ4n) is 4.76. The van der Waals surface area contributed by atoms with Crippen LogP contribution in [0.3, 0.4) is 0 Å². The zero-order valence-electron chi connectivity index (χ0n) is 22.8. The highest BCUT2D eigenvalue weighted by Gasteiger charge is 2.35. The molecule has 0 spiro atoms. The molecule has 1 N–H and O–H groups in total. The number of nitrogens with one attached hydrogen (secondary N) is 1. The molecule has 0 unspecified atom stereocenters. The zero-order valence-corrected chi connectivity index (χ0v) is 23.6. The third-order valence-electron chi connectivity index (χ3n) is 7.19. The van der Waals surface area contributed by atoms with Gasteiger partial charge in [0.1, 0.15) is 6.04 Å². The fourth-order valence-corrected chi connectivity index (χ4v) is 4.88. The first-order chi connectivity index (χ1) is 19.3. The van der Waals surface area contributed by atoms with Gasteiger partial charge < -0.3 is 10.2 Å². The largest absolute Gasteiger partial charge is 0.352 e. The van der Waals surface area contributed by atoms with Crippen molar-refractivity contribution in [2.45, 2.75) is 58.2 Å². The van der Waals surface area contributed by atoms with E-state index < -0.39 is 6.04 Å². The molecule has 7 nitrogen and oxygen atoms in total. The van der Waals surface area contributed by atoms with Crippen molar-refractivity contribution in [1.29, 1.82) is 0 Å². The Balaban J connectivity index is 1.54. The fraction of sp³-hybridized carbons (Fsp3) is 0.312. The number of nitrogens with zero attached hydrogens (tertiary/aromatic N) is 2. The van der Waals surface area contributed by atoms with E-state index in [1.165, 1.54) is 4.90 Å². The molecular weight excluding hydrogens is 526 g/mol. The van der Waals surface area contributed by atoms with Crippen molar-refractivity contribution in [3.63, 3.8) is 0 Å². The van der Waals surface area contributed by atoms with Gasteiger partial charge in [0.25, 0.3) is 11.8 Å². The Bertz CT molecular complexity index is 1330. The van der Waals surface area contributed by atoms with Crippen LogP contribution in [0.15, 0.2) is 78.9 Å². The van der Waals surface area contributed by atoms with E-state index in [9.17, 15) is 19.2 Å². The van der Waals surface area contributed by atoms with Crippen LogP contribution >= 0.6 is 11.6 Å². The molecule has 1 heterocycles. The Morgan fingerprint density at radius 2 is 1.48 bits per heavy atom. The molecular formula is C32H34ClN3O4. The summed E-state index contributed by atoms with van der Waals surface area (Å²) in [6.45, 7) is 4.27.